The number of hydrogen-bond donors (Lipinski definition) is 1. The van der Waals surface area contributed by atoms with Crippen LogP contribution >= 0.6 is 0 Å². The SMILES string of the molecule is Cc1cc(S(N)(=O)=O)n(C(C)C)n1. The van der Waals surface area contributed by atoms with Gasteiger partial charge in [0.1, 0.15) is 0 Å². The van der Waals surface area contributed by atoms with Crippen LogP contribution in [0.4, 0.5) is 0 Å². The van der Waals surface area contributed by atoms with Crippen LogP contribution in [-0.4, -0.2) is 18.2 Å². The fraction of sp³-hybridized carbons (Fsp3) is 0.571. The average Bonchev–Trinajstić information content (AvgIpc) is 2.29. The third kappa shape index (κ3) is 2.07. The smallest absolute Gasteiger partial charge is 0.250 e. The van der Waals surface area contributed by atoms with Gasteiger partial charge in [-0.1, -0.05) is 0 Å². The quantitative estimate of drug-likeness (QED) is 0.756. The lowest BCUT2D eigenvalue weighted by molar-refractivity contribution is 0.477. The molecule has 1 aromatic rings. The van der Waals surface area contributed by atoms with Crippen LogP contribution < -0.4 is 5.14 Å². The molecule has 0 radical (unpaired) electrons. The summed E-state index contributed by atoms with van der Waals surface area (Å²) in [4.78, 5) is 0. The van der Waals surface area contributed by atoms with Crippen molar-refractivity contribution in [1.82, 2.24) is 9.78 Å². The van der Waals surface area contributed by atoms with Crippen molar-refractivity contribution in [3.8, 4) is 0 Å². The minimum Gasteiger partial charge on any atom is -0.250 e. The van der Waals surface area contributed by atoms with Gasteiger partial charge < -0.3 is 0 Å². The zero-order valence-electron chi connectivity index (χ0n) is 7.85. The summed E-state index contributed by atoms with van der Waals surface area (Å²) >= 11 is 0. The summed E-state index contributed by atoms with van der Waals surface area (Å²) in [5.41, 5.74) is 0.651. The first-order valence-corrected chi connectivity index (χ1v) is 5.46. The number of hydrogen-bond acceptors (Lipinski definition) is 3. The van der Waals surface area contributed by atoms with Gasteiger partial charge in [0.15, 0.2) is 5.03 Å². The van der Waals surface area contributed by atoms with Crippen molar-refractivity contribution in [2.45, 2.75) is 31.8 Å². The Balaban J connectivity index is 3.37. The van der Waals surface area contributed by atoms with Crippen molar-refractivity contribution < 1.29 is 8.42 Å². The van der Waals surface area contributed by atoms with Gasteiger partial charge in [-0.15, -0.1) is 0 Å². The molecule has 1 aromatic heterocycles. The zero-order valence-corrected chi connectivity index (χ0v) is 8.67. The van der Waals surface area contributed by atoms with Crippen LogP contribution in [0, 0.1) is 6.92 Å². The number of aryl methyl sites for hydroxylation is 1. The summed E-state index contributed by atoms with van der Waals surface area (Å²) in [5.74, 6) is 0. The van der Waals surface area contributed by atoms with Crippen molar-refractivity contribution >= 4 is 10.0 Å². The number of rotatable bonds is 2. The normalized spacial score (nSPS) is 12.4. The van der Waals surface area contributed by atoms with Crippen molar-refractivity contribution in [3.63, 3.8) is 0 Å². The fourth-order valence-corrected chi connectivity index (χ4v) is 1.92. The Kier molecular flexibility index (Phi) is 2.44. The molecule has 13 heavy (non-hydrogen) atoms. The van der Waals surface area contributed by atoms with Crippen LogP contribution in [0.5, 0.6) is 0 Å². The Hall–Kier alpha value is -0.880. The molecule has 6 heteroatoms. The van der Waals surface area contributed by atoms with Gasteiger partial charge in [-0.25, -0.2) is 13.6 Å². The van der Waals surface area contributed by atoms with Crippen molar-refractivity contribution in [1.29, 1.82) is 0 Å². The van der Waals surface area contributed by atoms with Crippen LogP contribution in [0.15, 0.2) is 11.1 Å². The lowest BCUT2D eigenvalue weighted by Gasteiger charge is -2.08. The molecule has 74 valence electrons. The third-order valence-electron chi connectivity index (χ3n) is 1.60. The molecule has 1 heterocycles. The summed E-state index contributed by atoms with van der Waals surface area (Å²) in [6, 6.07) is 1.46. The van der Waals surface area contributed by atoms with E-state index in [2.05, 4.69) is 5.10 Å². The standard InChI is InChI=1S/C7H13N3O2S/c1-5(2)10-7(13(8,11)12)4-6(3)9-10/h4-5H,1-3H3,(H2,8,11,12). The molecule has 0 aliphatic heterocycles. The molecule has 0 aliphatic carbocycles. The van der Waals surface area contributed by atoms with E-state index >= 15 is 0 Å². The van der Waals surface area contributed by atoms with Gasteiger partial charge in [0.05, 0.1) is 5.69 Å². The summed E-state index contributed by atoms with van der Waals surface area (Å²) in [7, 11) is -3.66. The molecule has 0 spiro atoms. The van der Waals surface area contributed by atoms with Crippen LogP contribution in [0.2, 0.25) is 0 Å². The van der Waals surface area contributed by atoms with Gasteiger partial charge in [-0.2, -0.15) is 5.10 Å². The summed E-state index contributed by atoms with van der Waals surface area (Å²) in [5, 5.41) is 9.12. The highest BCUT2D eigenvalue weighted by atomic mass is 32.2. The van der Waals surface area contributed by atoms with Crippen LogP contribution in [0.1, 0.15) is 25.6 Å². The number of primary sulfonamides is 1. The topological polar surface area (TPSA) is 78.0 Å². The maximum absolute atomic E-state index is 11.1. The fourth-order valence-electron chi connectivity index (χ4n) is 1.08. The predicted octanol–water partition coefficient (Wildman–Crippen LogP) is 0.420. The van der Waals surface area contributed by atoms with E-state index in [0.29, 0.717) is 5.69 Å². The minimum atomic E-state index is -3.66. The number of nitrogens with two attached hydrogens (primary N) is 1. The largest absolute Gasteiger partial charge is 0.255 e. The zero-order chi connectivity index (χ0) is 10.2. The van der Waals surface area contributed by atoms with E-state index in [1.54, 1.807) is 6.92 Å². The first-order chi connectivity index (χ1) is 5.82. The molecule has 0 aromatic carbocycles. The Bertz CT molecular complexity index is 405. The molecule has 2 N–H and O–H groups in total. The molecule has 5 nitrogen and oxygen atoms in total. The molecule has 0 fully saturated rings. The van der Waals surface area contributed by atoms with E-state index in [1.165, 1.54) is 10.7 Å². The van der Waals surface area contributed by atoms with Crippen molar-refractivity contribution in [3.05, 3.63) is 11.8 Å². The molecule has 1 rings (SSSR count). The molecular formula is C7H13N3O2S. The van der Waals surface area contributed by atoms with Crippen LogP contribution in [0.25, 0.3) is 0 Å². The van der Waals surface area contributed by atoms with Gasteiger partial charge in [0.25, 0.3) is 10.0 Å². The Morgan fingerprint density at radius 3 is 2.38 bits per heavy atom. The minimum absolute atomic E-state index is 0.0120. The van der Waals surface area contributed by atoms with E-state index in [4.69, 9.17) is 5.14 Å². The Morgan fingerprint density at radius 1 is 1.54 bits per heavy atom. The summed E-state index contributed by atoms with van der Waals surface area (Å²) in [6.07, 6.45) is 0. The molecule has 0 saturated heterocycles. The van der Waals surface area contributed by atoms with Crippen molar-refractivity contribution in [2.24, 2.45) is 5.14 Å². The van der Waals surface area contributed by atoms with Gasteiger partial charge in [0, 0.05) is 6.04 Å². The van der Waals surface area contributed by atoms with Gasteiger partial charge in [0.2, 0.25) is 0 Å². The van der Waals surface area contributed by atoms with Crippen molar-refractivity contribution in [2.75, 3.05) is 0 Å². The summed E-state index contributed by atoms with van der Waals surface area (Å²) in [6.45, 7) is 5.43. The molecule has 0 amide bonds. The van der Waals surface area contributed by atoms with Crippen LogP contribution in [-0.2, 0) is 10.0 Å². The highest BCUT2D eigenvalue weighted by Crippen LogP contribution is 2.14. The maximum atomic E-state index is 11.1. The molecule has 0 aliphatic rings. The molecule has 0 saturated carbocycles. The predicted molar refractivity (Wildman–Crippen MR) is 48.7 cm³/mol. The summed E-state index contributed by atoms with van der Waals surface area (Å²) < 4.78 is 23.6. The molecule has 0 bridgehead atoms. The van der Waals surface area contributed by atoms with E-state index < -0.39 is 10.0 Å². The van der Waals surface area contributed by atoms with E-state index in [1.807, 2.05) is 13.8 Å². The highest BCUT2D eigenvalue weighted by molar-refractivity contribution is 7.89. The van der Waals surface area contributed by atoms with Gasteiger partial charge in [-0.3, -0.25) is 4.68 Å². The first-order valence-electron chi connectivity index (χ1n) is 3.91. The first kappa shape index (κ1) is 10.2. The van der Waals surface area contributed by atoms with E-state index in [0.717, 1.165) is 0 Å². The lowest BCUT2D eigenvalue weighted by Crippen LogP contribution is -2.19. The van der Waals surface area contributed by atoms with Crippen LogP contribution in [0.3, 0.4) is 0 Å². The average molecular weight is 203 g/mol. The third-order valence-corrected chi connectivity index (χ3v) is 2.49. The lowest BCUT2D eigenvalue weighted by atomic mass is 10.4. The maximum Gasteiger partial charge on any atom is 0.255 e. The van der Waals surface area contributed by atoms with E-state index in [-0.39, 0.29) is 11.1 Å². The Labute approximate surface area is 77.6 Å². The molecular weight excluding hydrogens is 190 g/mol. The molecule has 0 unspecified atom stereocenters. The number of sulfonamides is 1. The second-order valence-corrected chi connectivity index (χ2v) is 4.72. The second-order valence-electron chi connectivity index (χ2n) is 3.21. The van der Waals surface area contributed by atoms with Gasteiger partial charge in [-0.05, 0) is 26.8 Å². The number of nitrogens with zero attached hydrogens (tertiary/aromatic N) is 2. The number of aromatic nitrogens is 2. The van der Waals surface area contributed by atoms with Gasteiger partial charge >= 0.3 is 0 Å². The monoisotopic (exact) mass is 203 g/mol. The highest BCUT2D eigenvalue weighted by Gasteiger charge is 2.17. The molecule has 0 atom stereocenters. The second kappa shape index (κ2) is 3.12. The van der Waals surface area contributed by atoms with E-state index in [9.17, 15) is 8.42 Å². The Morgan fingerprint density at radius 2 is 2.08 bits per heavy atom.